The van der Waals surface area contributed by atoms with E-state index in [1.54, 1.807) is 0 Å². The van der Waals surface area contributed by atoms with Crippen molar-refractivity contribution in [2.45, 2.75) is 20.8 Å². The van der Waals surface area contributed by atoms with Gasteiger partial charge in [0.25, 0.3) is 0 Å². The number of thioether (sulfide) groups is 1. The first kappa shape index (κ1) is 10.8. The largest absolute Gasteiger partial charge is 0.162 e. The second-order valence-electron chi connectivity index (χ2n) is 2.22. The molecule has 0 heterocycles. The van der Waals surface area contributed by atoms with E-state index < -0.39 is 0 Å². The van der Waals surface area contributed by atoms with E-state index in [4.69, 9.17) is 0 Å². The highest BCUT2D eigenvalue weighted by atomic mass is 32.2. The molecule has 0 unspecified atom stereocenters. The van der Waals surface area contributed by atoms with Gasteiger partial charge in [-0.25, -0.2) is 0 Å². The van der Waals surface area contributed by atoms with Gasteiger partial charge in [-0.15, -0.1) is 7.92 Å². The molecule has 62 valence electrons. The fourth-order valence-corrected chi connectivity index (χ4v) is 3.80. The minimum absolute atomic E-state index is 0.411. The molecule has 0 spiro atoms. The van der Waals surface area contributed by atoms with E-state index in [1.807, 2.05) is 0 Å². The molecule has 0 rings (SSSR count). The monoisotopic (exact) mass is 178 g/mol. The van der Waals surface area contributed by atoms with E-state index in [0.717, 1.165) is 0 Å². The van der Waals surface area contributed by atoms with Gasteiger partial charge in [0, 0.05) is 0 Å². The van der Waals surface area contributed by atoms with Crippen LogP contribution in [0.1, 0.15) is 20.8 Å². The van der Waals surface area contributed by atoms with Crippen LogP contribution in [-0.2, 0) is 0 Å². The van der Waals surface area contributed by atoms with Crippen molar-refractivity contribution < 1.29 is 0 Å². The quantitative estimate of drug-likeness (QED) is 0.444. The molecular weight excluding hydrogens is 159 g/mol. The lowest BCUT2D eigenvalue weighted by Gasteiger charge is -2.11. The van der Waals surface area contributed by atoms with Gasteiger partial charge in [-0.05, 0) is 30.0 Å². The highest BCUT2D eigenvalue weighted by Gasteiger charge is 1.99. The lowest BCUT2D eigenvalue weighted by Crippen LogP contribution is -1.92. The Hall–Kier alpha value is 0.780. The summed E-state index contributed by atoms with van der Waals surface area (Å²) in [6.45, 7) is 6.89. The first-order valence-corrected chi connectivity index (χ1v) is 7.20. The maximum atomic E-state index is 2.33. The van der Waals surface area contributed by atoms with Gasteiger partial charge in [-0.1, -0.05) is 20.8 Å². The number of hydrogen-bond donors (Lipinski definition) is 0. The lowest BCUT2D eigenvalue weighted by atomic mass is 10.9. The van der Waals surface area contributed by atoms with E-state index in [9.17, 15) is 0 Å². The Labute approximate surface area is 70.9 Å². The average Bonchev–Trinajstić information content (AvgIpc) is 1.99. The third kappa shape index (κ3) is 5.56. The fourth-order valence-electron chi connectivity index (χ4n) is 0.878. The van der Waals surface area contributed by atoms with Gasteiger partial charge in [0.05, 0.1) is 0 Å². The maximum absolute atomic E-state index is 2.33. The Kier molecular flexibility index (Phi) is 8.50. The molecule has 0 aliphatic carbocycles. The Morgan fingerprint density at radius 2 is 1.70 bits per heavy atom. The standard InChI is InChI=1S/C8H19PS/c1-4-9(5-2)7-8-10-6-3/h4-8H2,1-3H3. The molecule has 2 heteroatoms. The molecule has 0 aliphatic heterocycles. The van der Waals surface area contributed by atoms with Crippen molar-refractivity contribution in [2.24, 2.45) is 0 Å². The summed E-state index contributed by atoms with van der Waals surface area (Å²) in [5.41, 5.74) is 0. The van der Waals surface area contributed by atoms with Crippen LogP contribution in [0.5, 0.6) is 0 Å². The highest BCUT2D eigenvalue weighted by molar-refractivity contribution is 7.99. The van der Waals surface area contributed by atoms with Crippen molar-refractivity contribution in [3.8, 4) is 0 Å². The lowest BCUT2D eigenvalue weighted by molar-refractivity contribution is 1.35. The van der Waals surface area contributed by atoms with Crippen LogP contribution in [0.3, 0.4) is 0 Å². The van der Waals surface area contributed by atoms with Crippen LogP contribution in [0.15, 0.2) is 0 Å². The molecule has 0 bridgehead atoms. The van der Waals surface area contributed by atoms with E-state index in [-0.39, 0.29) is 0 Å². The van der Waals surface area contributed by atoms with Crippen molar-refractivity contribution >= 4 is 19.7 Å². The average molecular weight is 178 g/mol. The zero-order chi connectivity index (χ0) is 7.82. The van der Waals surface area contributed by atoms with Gasteiger partial charge >= 0.3 is 0 Å². The van der Waals surface area contributed by atoms with Gasteiger partial charge in [0.2, 0.25) is 0 Å². The molecule has 0 N–H and O–H groups in total. The molecule has 0 radical (unpaired) electrons. The fraction of sp³-hybridized carbons (Fsp3) is 1.00. The SMILES string of the molecule is CCSCCP(CC)CC. The van der Waals surface area contributed by atoms with Crippen LogP contribution < -0.4 is 0 Å². The summed E-state index contributed by atoms with van der Waals surface area (Å²) >= 11 is 2.08. The number of rotatable bonds is 6. The van der Waals surface area contributed by atoms with E-state index in [0.29, 0.717) is 7.92 Å². The minimum atomic E-state index is 0.411. The third-order valence-corrected chi connectivity index (χ3v) is 5.50. The summed E-state index contributed by atoms with van der Waals surface area (Å²) in [5, 5.41) is 0. The van der Waals surface area contributed by atoms with E-state index in [1.165, 1.54) is 30.0 Å². The Morgan fingerprint density at radius 3 is 2.10 bits per heavy atom. The summed E-state index contributed by atoms with van der Waals surface area (Å²) in [5.74, 6) is 2.68. The molecule has 0 aromatic heterocycles. The van der Waals surface area contributed by atoms with Gasteiger partial charge in [-0.3, -0.25) is 0 Å². The zero-order valence-electron chi connectivity index (χ0n) is 7.39. The summed E-state index contributed by atoms with van der Waals surface area (Å²) in [6, 6.07) is 0. The van der Waals surface area contributed by atoms with Gasteiger partial charge in [0.15, 0.2) is 0 Å². The van der Waals surface area contributed by atoms with Crippen LogP contribution in [-0.4, -0.2) is 30.0 Å². The Morgan fingerprint density at radius 1 is 1.10 bits per heavy atom. The Bertz CT molecular complexity index is 62.3. The van der Waals surface area contributed by atoms with Crippen LogP contribution in [0, 0.1) is 0 Å². The van der Waals surface area contributed by atoms with Crippen LogP contribution in [0.4, 0.5) is 0 Å². The van der Waals surface area contributed by atoms with Crippen LogP contribution in [0.2, 0.25) is 0 Å². The van der Waals surface area contributed by atoms with Crippen molar-refractivity contribution in [1.29, 1.82) is 0 Å². The molecule has 10 heavy (non-hydrogen) atoms. The van der Waals surface area contributed by atoms with Crippen molar-refractivity contribution in [1.82, 2.24) is 0 Å². The van der Waals surface area contributed by atoms with Gasteiger partial charge in [0.1, 0.15) is 0 Å². The molecular formula is C8H19PS. The summed E-state index contributed by atoms with van der Waals surface area (Å²) in [6.07, 6.45) is 4.34. The van der Waals surface area contributed by atoms with Crippen LogP contribution in [0.25, 0.3) is 0 Å². The van der Waals surface area contributed by atoms with Crippen molar-refractivity contribution in [3.63, 3.8) is 0 Å². The molecule has 0 fully saturated rings. The van der Waals surface area contributed by atoms with E-state index in [2.05, 4.69) is 32.5 Å². The van der Waals surface area contributed by atoms with Crippen LogP contribution >= 0.6 is 19.7 Å². The molecule has 0 aromatic carbocycles. The second-order valence-corrected chi connectivity index (χ2v) is 6.67. The first-order chi connectivity index (χ1) is 4.85. The zero-order valence-corrected chi connectivity index (χ0v) is 9.10. The van der Waals surface area contributed by atoms with Crippen molar-refractivity contribution in [3.05, 3.63) is 0 Å². The predicted octanol–water partition coefficient (Wildman–Crippen LogP) is 3.26. The smallest absolute Gasteiger partial charge is 0.00282 e. The summed E-state index contributed by atoms with van der Waals surface area (Å²) in [7, 11) is 0.411. The molecule has 0 nitrogen and oxygen atoms in total. The second kappa shape index (κ2) is 7.88. The first-order valence-electron chi connectivity index (χ1n) is 4.15. The molecule has 0 saturated carbocycles. The minimum Gasteiger partial charge on any atom is -0.162 e. The van der Waals surface area contributed by atoms with Gasteiger partial charge in [-0.2, -0.15) is 11.8 Å². The molecule has 0 saturated heterocycles. The Balaban J connectivity index is 3.09. The number of hydrogen-bond acceptors (Lipinski definition) is 1. The third-order valence-electron chi connectivity index (χ3n) is 1.65. The molecule has 0 atom stereocenters. The topological polar surface area (TPSA) is 0 Å². The molecule has 0 aliphatic rings. The molecule has 0 aromatic rings. The maximum Gasteiger partial charge on any atom is -0.00282 e. The normalized spacial score (nSPS) is 10.8. The van der Waals surface area contributed by atoms with E-state index >= 15 is 0 Å². The van der Waals surface area contributed by atoms with Crippen molar-refractivity contribution in [2.75, 3.05) is 30.0 Å². The summed E-state index contributed by atoms with van der Waals surface area (Å²) < 4.78 is 0. The molecule has 0 amide bonds. The van der Waals surface area contributed by atoms with Gasteiger partial charge < -0.3 is 0 Å². The predicted molar refractivity (Wildman–Crippen MR) is 55.9 cm³/mol. The highest BCUT2D eigenvalue weighted by Crippen LogP contribution is 2.34. The summed E-state index contributed by atoms with van der Waals surface area (Å²) in [4.78, 5) is 0.